The van der Waals surface area contributed by atoms with Gasteiger partial charge in [-0.25, -0.2) is 4.79 Å². The molecule has 2 aromatic carbocycles. The first-order chi connectivity index (χ1) is 15.5. The van der Waals surface area contributed by atoms with Crippen LogP contribution in [0.4, 0.5) is 16.2 Å². The number of anilines is 2. The van der Waals surface area contributed by atoms with Gasteiger partial charge >= 0.3 is 6.03 Å². The quantitative estimate of drug-likeness (QED) is 0.539. The van der Waals surface area contributed by atoms with Gasteiger partial charge in [-0.05, 0) is 67.1 Å². The summed E-state index contributed by atoms with van der Waals surface area (Å²) < 4.78 is 5.39. The maximum atomic E-state index is 12.9. The van der Waals surface area contributed by atoms with E-state index in [1.165, 1.54) is 4.90 Å². The second kappa shape index (κ2) is 8.15. The number of benzene rings is 2. The molecule has 2 aromatic rings. The highest BCUT2D eigenvalue weighted by Gasteiger charge is 2.59. The van der Waals surface area contributed by atoms with Crippen molar-refractivity contribution in [2.75, 3.05) is 16.8 Å². The summed E-state index contributed by atoms with van der Waals surface area (Å²) in [5.41, 5.74) is 2.13. The molecule has 164 valence electrons. The number of hydrogen-bond acceptors (Lipinski definition) is 4. The van der Waals surface area contributed by atoms with E-state index in [4.69, 9.17) is 4.74 Å². The Morgan fingerprint density at radius 1 is 0.969 bits per heavy atom. The van der Waals surface area contributed by atoms with E-state index in [9.17, 15) is 14.4 Å². The largest absolute Gasteiger partial charge is 0.494 e. The molecule has 7 heteroatoms. The molecule has 2 fully saturated rings. The van der Waals surface area contributed by atoms with E-state index in [1.54, 1.807) is 36.4 Å². The van der Waals surface area contributed by atoms with Crippen LogP contribution < -0.4 is 20.3 Å². The number of fused-ring (bicyclic) bond motifs is 5. The Labute approximate surface area is 186 Å². The van der Waals surface area contributed by atoms with Crippen molar-refractivity contribution in [2.24, 2.45) is 23.7 Å². The van der Waals surface area contributed by atoms with Gasteiger partial charge in [-0.15, -0.1) is 0 Å². The van der Waals surface area contributed by atoms with Crippen LogP contribution in [-0.2, 0) is 16.1 Å². The first-order valence-corrected chi connectivity index (χ1v) is 11.0. The Morgan fingerprint density at radius 2 is 1.59 bits per heavy atom. The summed E-state index contributed by atoms with van der Waals surface area (Å²) in [4.78, 5) is 39.4. The van der Waals surface area contributed by atoms with Crippen molar-refractivity contribution in [3.63, 3.8) is 0 Å². The summed E-state index contributed by atoms with van der Waals surface area (Å²) in [7, 11) is 0. The molecular formula is C25H25N3O4. The number of nitrogens with one attached hydrogen (secondary N) is 2. The standard InChI is InChI=1S/C25H25N3O4/c1-2-32-20-11-7-18(8-12-20)27-25(31)26-14-15-3-9-19(10-4-15)28-23(29)21-16-5-6-17(13-16)22(21)24(28)30/h3-12,16-17,21-22H,2,13-14H2,1H3,(H2,26,27,31). The first-order valence-electron chi connectivity index (χ1n) is 11.0. The van der Waals surface area contributed by atoms with Gasteiger partial charge in [0.1, 0.15) is 5.75 Å². The summed E-state index contributed by atoms with van der Waals surface area (Å²) in [6, 6.07) is 14.0. The summed E-state index contributed by atoms with van der Waals surface area (Å²) in [5, 5.41) is 5.59. The van der Waals surface area contributed by atoms with Crippen LogP contribution in [0.15, 0.2) is 60.7 Å². The van der Waals surface area contributed by atoms with Crippen LogP contribution in [0.25, 0.3) is 0 Å². The number of carbonyl (C=O) groups is 3. The van der Waals surface area contributed by atoms with Crippen molar-refractivity contribution in [1.82, 2.24) is 5.32 Å². The van der Waals surface area contributed by atoms with Gasteiger partial charge in [-0.2, -0.15) is 0 Å². The molecule has 7 nitrogen and oxygen atoms in total. The summed E-state index contributed by atoms with van der Waals surface area (Å²) in [6.45, 7) is 2.83. The lowest BCUT2D eigenvalue weighted by molar-refractivity contribution is -0.123. The summed E-state index contributed by atoms with van der Waals surface area (Å²) >= 11 is 0. The maximum Gasteiger partial charge on any atom is 0.319 e. The molecule has 1 heterocycles. The fourth-order valence-corrected chi connectivity index (χ4v) is 5.08. The van der Waals surface area contributed by atoms with Gasteiger partial charge in [-0.3, -0.25) is 14.5 Å². The first kappa shape index (κ1) is 20.3. The van der Waals surface area contributed by atoms with E-state index >= 15 is 0 Å². The molecule has 1 saturated heterocycles. The molecule has 4 unspecified atom stereocenters. The summed E-state index contributed by atoms with van der Waals surface area (Å²) in [5.74, 6) is 0.568. The van der Waals surface area contributed by atoms with Gasteiger partial charge in [0.2, 0.25) is 11.8 Å². The van der Waals surface area contributed by atoms with E-state index in [0.29, 0.717) is 24.5 Å². The number of imide groups is 1. The Bertz CT molecular complexity index is 1050. The minimum Gasteiger partial charge on any atom is -0.494 e. The fraction of sp³-hybridized carbons (Fsp3) is 0.320. The number of nitrogens with zero attached hydrogens (tertiary/aromatic N) is 1. The average molecular weight is 431 g/mol. The SMILES string of the molecule is CCOc1ccc(NC(=O)NCc2ccc(N3C(=O)C4C5C=CC(C5)C4C3=O)cc2)cc1. The van der Waals surface area contributed by atoms with Crippen LogP contribution in [0.5, 0.6) is 5.75 Å². The second-order valence-corrected chi connectivity index (χ2v) is 8.44. The number of hydrogen-bond donors (Lipinski definition) is 2. The van der Waals surface area contributed by atoms with Crippen LogP contribution in [0.2, 0.25) is 0 Å². The van der Waals surface area contributed by atoms with E-state index in [1.807, 2.05) is 19.1 Å². The van der Waals surface area contributed by atoms with Gasteiger partial charge in [0.25, 0.3) is 0 Å². The topological polar surface area (TPSA) is 87.7 Å². The zero-order chi connectivity index (χ0) is 22.2. The Morgan fingerprint density at radius 3 is 2.19 bits per heavy atom. The minimum atomic E-state index is -0.320. The number of ether oxygens (including phenoxy) is 1. The monoisotopic (exact) mass is 431 g/mol. The lowest BCUT2D eigenvalue weighted by Gasteiger charge is -2.17. The number of amides is 4. The lowest BCUT2D eigenvalue weighted by Crippen LogP contribution is -2.32. The highest BCUT2D eigenvalue weighted by Crippen LogP contribution is 2.53. The van der Waals surface area contributed by atoms with Crippen LogP contribution >= 0.6 is 0 Å². The normalized spacial score (nSPS) is 25.2. The molecule has 2 aliphatic carbocycles. The van der Waals surface area contributed by atoms with Crippen LogP contribution in [0.1, 0.15) is 18.9 Å². The Balaban J connectivity index is 1.17. The van der Waals surface area contributed by atoms with Gasteiger partial charge in [0.15, 0.2) is 0 Å². The van der Waals surface area contributed by atoms with Crippen molar-refractivity contribution < 1.29 is 19.1 Å². The van der Waals surface area contributed by atoms with Crippen molar-refractivity contribution in [3.8, 4) is 5.75 Å². The number of allylic oxidation sites excluding steroid dienone is 2. The fourth-order valence-electron chi connectivity index (χ4n) is 5.08. The van der Waals surface area contributed by atoms with Gasteiger partial charge in [0, 0.05) is 12.2 Å². The highest BCUT2D eigenvalue weighted by atomic mass is 16.5. The van der Waals surface area contributed by atoms with Crippen molar-refractivity contribution in [3.05, 3.63) is 66.2 Å². The predicted octanol–water partition coefficient (Wildman–Crippen LogP) is 3.72. The van der Waals surface area contributed by atoms with E-state index in [-0.39, 0.29) is 41.5 Å². The minimum absolute atomic E-state index is 0.0857. The molecule has 2 N–H and O–H groups in total. The molecule has 32 heavy (non-hydrogen) atoms. The van der Waals surface area contributed by atoms with Crippen LogP contribution in [-0.4, -0.2) is 24.5 Å². The molecule has 2 bridgehead atoms. The molecular weight excluding hydrogens is 406 g/mol. The zero-order valence-corrected chi connectivity index (χ0v) is 17.8. The smallest absolute Gasteiger partial charge is 0.319 e. The van der Waals surface area contributed by atoms with Crippen molar-refractivity contribution >= 4 is 29.2 Å². The van der Waals surface area contributed by atoms with Crippen molar-refractivity contribution in [1.29, 1.82) is 0 Å². The van der Waals surface area contributed by atoms with Crippen LogP contribution in [0, 0.1) is 23.7 Å². The average Bonchev–Trinajstić information content (AvgIpc) is 3.48. The number of carbonyl (C=O) groups excluding carboxylic acids is 3. The molecule has 1 saturated carbocycles. The number of urea groups is 1. The molecule has 4 amide bonds. The Kier molecular flexibility index (Phi) is 5.17. The van der Waals surface area contributed by atoms with Crippen molar-refractivity contribution in [2.45, 2.75) is 19.9 Å². The lowest BCUT2D eigenvalue weighted by atomic mass is 9.85. The molecule has 1 aliphatic heterocycles. The molecule has 0 radical (unpaired) electrons. The third kappa shape index (κ3) is 3.53. The van der Waals surface area contributed by atoms with Gasteiger partial charge in [-0.1, -0.05) is 24.3 Å². The molecule has 3 aliphatic rings. The van der Waals surface area contributed by atoms with Gasteiger partial charge in [0.05, 0.1) is 24.1 Å². The second-order valence-electron chi connectivity index (χ2n) is 8.44. The molecule has 4 atom stereocenters. The highest BCUT2D eigenvalue weighted by molar-refractivity contribution is 6.22. The van der Waals surface area contributed by atoms with Gasteiger partial charge < -0.3 is 15.4 Å². The molecule has 5 rings (SSSR count). The van der Waals surface area contributed by atoms with E-state index in [2.05, 4.69) is 22.8 Å². The van der Waals surface area contributed by atoms with Crippen LogP contribution in [0.3, 0.4) is 0 Å². The van der Waals surface area contributed by atoms with E-state index in [0.717, 1.165) is 17.7 Å². The molecule has 0 aromatic heterocycles. The summed E-state index contributed by atoms with van der Waals surface area (Å²) in [6.07, 6.45) is 5.10. The van der Waals surface area contributed by atoms with E-state index < -0.39 is 0 Å². The molecule has 0 spiro atoms. The zero-order valence-electron chi connectivity index (χ0n) is 17.8. The predicted molar refractivity (Wildman–Crippen MR) is 120 cm³/mol. The third-order valence-electron chi connectivity index (χ3n) is 6.54. The third-order valence-corrected chi connectivity index (χ3v) is 6.54. The maximum absolute atomic E-state index is 12.9. The number of rotatable bonds is 6. The Hall–Kier alpha value is -3.61.